The smallest absolute Gasteiger partial charge is 0.269 e. The van der Waals surface area contributed by atoms with Gasteiger partial charge in [0, 0.05) is 17.2 Å². The summed E-state index contributed by atoms with van der Waals surface area (Å²) in [5, 5.41) is 0. The largest absolute Gasteiger partial charge is 0.313 e. The van der Waals surface area contributed by atoms with E-state index >= 15 is 0 Å². The molecule has 0 aliphatic rings. The molecule has 0 unspecified atom stereocenters. The van der Waals surface area contributed by atoms with Crippen molar-refractivity contribution in [3.8, 4) is 0 Å². The van der Waals surface area contributed by atoms with Crippen molar-refractivity contribution in [2.75, 3.05) is 5.75 Å². The Bertz CT molecular complexity index is 561. The summed E-state index contributed by atoms with van der Waals surface area (Å²) >= 11 is 3.23. The number of sulfone groups is 1. The van der Waals surface area contributed by atoms with Crippen LogP contribution >= 0.6 is 15.9 Å². The number of nitrogens with zero attached hydrogens (tertiary/aromatic N) is 1. The van der Waals surface area contributed by atoms with Crippen LogP contribution in [-0.4, -0.2) is 18.7 Å². The highest BCUT2D eigenvalue weighted by Crippen LogP contribution is 2.14. The third kappa shape index (κ3) is 3.42. The molecule has 17 heavy (non-hydrogen) atoms. The fraction of sp³-hybridized carbons (Fsp3) is 0.545. The molecule has 0 bridgehead atoms. The summed E-state index contributed by atoms with van der Waals surface area (Å²) < 4.78 is 25.6. The highest BCUT2D eigenvalue weighted by Gasteiger charge is 2.18. The highest BCUT2D eigenvalue weighted by molar-refractivity contribution is 9.10. The molecule has 0 amide bonds. The zero-order chi connectivity index (χ0) is 13.2. The van der Waals surface area contributed by atoms with Gasteiger partial charge in [0.05, 0.1) is 5.75 Å². The Morgan fingerprint density at radius 1 is 1.41 bits per heavy atom. The third-order valence-corrected chi connectivity index (χ3v) is 4.45. The summed E-state index contributed by atoms with van der Waals surface area (Å²) in [6, 6.07) is 1.37. The summed E-state index contributed by atoms with van der Waals surface area (Å²) in [5.41, 5.74) is -0.441. The van der Waals surface area contributed by atoms with Gasteiger partial charge in [-0.25, -0.2) is 8.42 Å². The molecule has 0 fully saturated rings. The van der Waals surface area contributed by atoms with E-state index in [4.69, 9.17) is 0 Å². The number of pyridine rings is 1. The van der Waals surface area contributed by atoms with E-state index < -0.39 is 15.4 Å². The molecule has 0 aliphatic carbocycles. The fourth-order valence-electron chi connectivity index (χ4n) is 1.48. The number of aromatic nitrogens is 1. The highest BCUT2D eigenvalue weighted by atomic mass is 79.9. The second-order valence-electron chi connectivity index (χ2n) is 4.28. The summed E-state index contributed by atoms with van der Waals surface area (Å²) in [7, 11) is -3.47. The van der Waals surface area contributed by atoms with E-state index in [0.29, 0.717) is 11.0 Å². The average molecular weight is 322 g/mol. The van der Waals surface area contributed by atoms with E-state index in [-0.39, 0.29) is 16.6 Å². The maximum atomic E-state index is 12.0. The van der Waals surface area contributed by atoms with Crippen LogP contribution < -0.4 is 5.56 Å². The monoisotopic (exact) mass is 321 g/mol. The van der Waals surface area contributed by atoms with Crippen LogP contribution in [0.5, 0.6) is 0 Å². The van der Waals surface area contributed by atoms with Crippen molar-refractivity contribution in [1.29, 1.82) is 0 Å². The lowest BCUT2D eigenvalue weighted by molar-refractivity contribution is 0.503. The Labute approximate surface area is 110 Å². The molecular weight excluding hydrogens is 306 g/mol. The molecule has 1 aromatic heterocycles. The van der Waals surface area contributed by atoms with Crippen molar-refractivity contribution < 1.29 is 8.42 Å². The predicted molar refractivity (Wildman–Crippen MR) is 71.0 cm³/mol. The fourth-order valence-corrected chi connectivity index (χ4v) is 3.11. The Morgan fingerprint density at radius 2 is 2.00 bits per heavy atom. The average Bonchev–Trinajstić information content (AvgIpc) is 2.22. The first-order valence-corrected chi connectivity index (χ1v) is 7.85. The molecule has 4 nitrogen and oxygen atoms in total. The second-order valence-corrected chi connectivity index (χ2v) is 7.44. The van der Waals surface area contributed by atoms with Gasteiger partial charge in [-0.1, -0.05) is 20.8 Å². The standard InChI is InChI=1S/C11H16BrNO3S/c1-4-17(15,16)10-5-9(12)7-13(11(10)14)6-8(2)3/h5,7-8H,4,6H2,1-3H3. The predicted octanol–water partition coefficient (Wildman–Crippen LogP) is 2.06. The molecule has 0 aromatic carbocycles. The molecule has 0 atom stereocenters. The molecule has 0 radical (unpaired) electrons. The van der Waals surface area contributed by atoms with Gasteiger partial charge in [0.15, 0.2) is 9.84 Å². The molecule has 0 saturated heterocycles. The maximum Gasteiger partial charge on any atom is 0.269 e. The summed E-state index contributed by atoms with van der Waals surface area (Å²) in [4.78, 5) is 11.9. The maximum absolute atomic E-state index is 12.0. The zero-order valence-corrected chi connectivity index (χ0v) is 12.5. The van der Waals surface area contributed by atoms with Crippen molar-refractivity contribution in [3.63, 3.8) is 0 Å². The van der Waals surface area contributed by atoms with Crippen LogP contribution in [0.4, 0.5) is 0 Å². The summed E-state index contributed by atoms with van der Waals surface area (Å²) in [5.74, 6) is 0.208. The molecule has 0 N–H and O–H groups in total. The number of hydrogen-bond donors (Lipinski definition) is 0. The quantitative estimate of drug-likeness (QED) is 0.853. The molecular formula is C11H16BrNO3S. The number of hydrogen-bond acceptors (Lipinski definition) is 3. The molecule has 1 heterocycles. The first-order valence-electron chi connectivity index (χ1n) is 5.40. The van der Waals surface area contributed by atoms with E-state index in [1.54, 1.807) is 6.20 Å². The van der Waals surface area contributed by atoms with Gasteiger partial charge < -0.3 is 4.57 Å². The van der Waals surface area contributed by atoms with Crippen molar-refractivity contribution in [2.45, 2.75) is 32.2 Å². The Balaban J connectivity index is 3.45. The van der Waals surface area contributed by atoms with Gasteiger partial charge in [-0.3, -0.25) is 4.79 Å². The van der Waals surface area contributed by atoms with Crippen molar-refractivity contribution in [2.24, 2.45) is 5.92 Å². The Kier molecular flexibility index (Phi) is 4.55. The van der Waals surface area contributed by atoms with Crippen molar-refractivity contribution in [3.05, 3.63) is 27.1 Å². The molecule has 0 saturated carbocycles. The van der Waals surface area contributed by atoms with Gasteiger partial charge in [0.2, 0.25) is 0 Å². The van der Waals surface area contributed by atoms with Gasteiger partial charge >= 0.3 is 0 Å². The lowest BCUT2D eigenvalue weighted by Crippen LogP contribution is -2.27. The van der Waals surface area contributed by atoms with Crippen molar-refractivity contribution in [1.82, 2.24) is 4.57 Å². The van der Waals surface area contributed by atoms with Crippen LogP contribution in [0.25, 0.3) is 0 Å². The topological polar surface area (TPSA) is 56.1 Å². The first kappa shape index (κ1) is 14.4. The minimum Gasteiger partial charge on any atom is -0.313 e. The summed E-state index contributed by atoms with van der Waals surface area (Å²) in [6.45, 7) is 5.98. The Hall–Kier alpha value is -0.620. The zero-order valence-electron chi connectivity index (χ0n) is 10.1. The SMILES string of the molecule is CCS(=O)(=O)c1cc(Br)cn(CC(C)C)c1=O. The molecule has 6 heteroatoms. The van der Waals surface area contributed by atoms with Crippen LogP contribution in [-0.2, 0) is 16.4 Å². The van der Waals surface area contributed by atoms with Crippen molar-refractivity contribution >= 4 is 25.8 Å². The van der Waals surface area contributed by atoms with E-state index in [2.05, 4.69) is 15.9 Å². The normalized spacial score (nSPS) is 12.1. The second kappa shape index (κ2) is 5.35. The van der Waals surface area contributed by atoms with Crippen LogP contribution in [0.2, 0.25) is 0 Å². The number of halogens is 1. The van der Waals surface area contributed by atoms with E-state index in [1.807, 2.05) is 13.8 Å². The van der Waals surface area contributed by atoms with Gasteiger partial charge in [-0.2, -0.15) is 0 Å². The summed E-state index contributed by atoms with van der Waals surface area (Å²) in [6.07, 6.45) is 1.62. The molecule has 1 rings (SSSR count). The van der Waals surface area contributed by atoms with Gasteiger partial charge in [0.1, 0.15) is 4.90 Å². The number of rotatable bonds is 4. The van der Waals surface area contributed by atoms with Crippen LogP contribution in [0, 0.1) is 5.92 Å². The van der Waals surface area contributed by atoms with Crippen LogP contribution in [0.3, 0.4) is 0 Å². The van der Waals surface area contributed by atoms with Crippen LogP contribution in [0.15, 0.2) is 26.4 Å². The minimum atomic E-state index is -3.47. The Morgan fingerprint density at radius 3 is 2.47 bits per heavy atom. The third-order valence-electron chi connectivity index (χ3n) is 2.30. The van der Waals surface area contributed by atoms with E-state index in [0.717, 1.165) is 0 Å². The van der Waals surface area contributed by atoms with Gasteiger partial charge in [-0.05, 0) is 27.9 Å². The molecule has 0 spiro atoms. The lowest BCUT2D eigenvalue weighted by atomic mass is 10.2. The molecule has 1 aromatic rings. The van der Waals surface area contributed by atoms with E-state index in [9.17, 15) is 13.2 Å². The lowest BCUT2D eigenvalue weighted by Gasteiger charge is -2.11. The van der Waals surface area contributed by atoms with Gasteiger partial charge in [0.25, 0.3) is 5.56 Å². The molecule has 96 valence electrons. The molecule has 0 aliphatic heterocycles. The van der Waals surface area contributed by atoms with E-state index in [1.165, 1.54) is 17.6 Å². The van der Waals surface area contributed by atoms with Crippen LogP contribution in [0.1, 0.15) is 20.8 Å². The van der Waals surface area contributed by atoms with Gasteiger partial charge in [-0.15, -0.1) is 0 Å². The first-order chi connectivity index (χ1) is 7.77. The minimum absolute atomic E-state index is 0.0691.